The van der Waals surface area contributed by atoms with E-state index in [1.807, 2.05) is 29.0 Å². The topological polar surface area (TPSA) is 47.3 Å². The van der Waals surface area contributed by atoms with Gasteiger partial charge in [0.15, 0.2) is 0 Å². The van der Waals surface area contributed by atoms with Gasteiger partial charge < -0.3 is 14.4 Å². The number of aryl methyl sites for hydroxylation is 1. The molecule has 1 heterocycles. The molecule has 124 valence electrons. The van der Waals surface area contributed by atoms with E-state index in [2.05, 4.69) is 4.98 Å². The Morgan fingerprint density at radius 3 is 2.62 bits per heavy atom. The van der Waals surface area contributed by atoms with E-state index in [9.17, 15) is 9.50 Å². The second-order valence-corrected chi connectivity index (χ2v) is 5.88. The number of benzene rings is 2. The molecule has 0 saturated carbocycles. The molecule has 0 radical (unpaired) electrons. The molecule has 1 unspecified atom stereocenters. The molecular formula is C19H19FN2O2. The highest BCUT2D eigenvalue weighted by Crippen LogP contribution is 2.35. The first-order valence-corrected chi connectivity index (χ1v) is 7.76. The standard InChI is InChI=1S/C19H19FN2O2/c1-19(23,10-12-22-13-11-21-14-22)17-4-2-3-5-18(17)24-16-8-6-15(20)7-9-16/h2-9,11,13-14,23H,10,12H2,1H3. The second-order valence-electron chi connectivity index (χ2n) is 5.88. The lowest BCUT2D eigenvalue weighted by molar-refractivity contribution is 0.0411. The van der Waals surface area contributed by atoms with Crippen LogP contribution in [0.15, 0.2) is 67.3 Å². The first-order valence-electron chi connectivity index (χ1n) is 7.76. The number of halogens is 1. The maximum atomic E-state index is 13.0. The van der Waals surface area contributed by atoms with Gasteiger partial charge in [-0.15, -0.1) is 0 Å². The van der Waals surface area contributed by atoms with Crippen LogP contribution in [0, 0.1) is 5.82 Å². The number of aromatic nitrogens is 2. The Morgan fingerprint density at radius 1 is 1.17 bits per heavy atom. The molecule has 0 bridgehead atoms. The lowest BCUT2D eigenvalue weighted by Gasteiger charge is -2.26. The highest BCUT2D eigenvalue weighted by Gasteiger charge is 2.26. The Bertz CT molecular complexity index is 783. The third kappa shape index (κ3) is 3.81. The van der Waals surface area contributed by atoms with E-state index in [0.717, 1.165) is 0 Å². The molecule has 4 nitrogen and oxygen atoms in total. The molecule has 2 aromatic carbocycles. The van der Waals surface area contributed by atoms with Crippen molar-refractivity contribution in [2.24, 2.45) is 0 Å². The summed E-state index contributed by atoms with van der Waals surface area (Å²) in [6, 6.07) is 13.1. The average molecular weight is 326 g/mol. The van der Waals surface area contributed by atoms with Gasteiger partial charge in [-0.2, -0.15) is 0 Å². The minimum absolute atomic E-state index is 0.317. The van der Waals surface area contributed by atoms with Crippen LogP contribution in [0.5, 0.6) is 11.5 Å². The number of para-hydroxylation sites is 1. The summed E-state index contributed by atoms with van der Waals surface area (Å²) in [6.45, 7) is 2.40. The van der Waals surface area contributed by atoms with Gasteiger partial charge in [-0.1, -0.05) is 18.2 Å². The van der Waals surface area contributed by atoms with Crippen molar-refractivity contribution in [1.29, 1.82) is 0 Å². The maximum Gasteiger partial charge on any atom is 0.133 e. The largest absolute Gasteiger partial charge is 0.457 e. The summed E-state index contributed by atoms with van der Waals surface area (Å²) in [7, 11) is 0. The van der Waals surface area contributed by atoms with Crippen LogP contribution in [0.4, 0.5) is 4.39 Å². The summed E-state index contributed by atoms with van der Waals surface area (Å²) in [5.74, 6) is 0.761. The zero-order chi connectivity index (χ0) is 17.0. The second kappa shape index (κ2) is 6.84. The van der Waals surface area contributed by atoms with Crippen LogP contribution in [-0.4, -0.2) is 14.7 Å². The summed E-state index contributed by atoms with van der Waals surface area (Å²) in [4.78, 5) is 4.00. The quantitative estimate of drug-likeness (QED) is 0.741. The molecule has 0 amide bonds. The van der Waals surface area contributed by atoms with Crippen molar-refractivity contribution in [3.05, 3.63) is 78.6 Å². The van der Waals surface area contributed by atoms with Gasteiger partial charge in [0, 0.05) is 24.5 Å². The average Bonchev–Trinajstić information content (AvgIpc) is 3.09. The number of imidazole rings is 1. The molecule has 0 fully saturated rings. The van der Waals surface area contributed by atoms with Crippen LogP contribution in [0.3, 0.4) is 0 Å². The molecule has 24 heavy (non-hydrogen) atoms. The normalized spacial score (nSPS) is 13.5. The van der Waals surface area contributed by atoms with Crippen LogP contribution in [0.2, 0.25) is 0 Å². The number of aliphatic hydroxyl groups is 1. The third-order valence-corrected chi connectivity index (χ3v) is 3.92. The molecule has 0 aliphatic heterocycles. The van der Waals surface area contributed by atoms with Gasteiger partial charge in [-0.05, 0) is 43.7 Å². The molecule has 1 aromatic heterocycles. The van der Waals surface area contributed by atoms with Crippen LogP contribution < -0.4 is 4.74 Å². The number of hydrogen-bond acceptors (Lipinski definition) is 3. The van der Waals surface area contributed by atoms with Crippen LogP contribution in [0.1, 0.15) is 18.9 Å². The van der Waals surface area contributed by atoms with Gasteiger partial charge in [-0.25, -0.2) is 9.37 Å². The zero-order valence-corrected chi connectivity index (χ0v) is 13.4. The van der Waals surface area contributed by atoms with Gasteiger partial charge >= 0.3 is 0 Å². The summed E-state index contributed by atoms with van der Waals surface area (Å²) in [6.07, 6.45) is 5.79. The van der Waals surface area contributed by atoms with E-state index < -0.39 is 5.60 Å². The lowest BCUT2D eigenvalue weighted by atomic mass is 9.91. The monoisotopic (exact) mass is 326 g/mol. The molecular weight excluding hydrogens is 307 g/mol. The van der Waals surface area contributed by atoms with Crippen molar-refractivity contribution in [3.8, 4) is 11.5 Å². The first-order chi connectivity index (χ1) is 11.5. The molecule has 3 rings (SSSR count). The first kappa shape index (κ1) is 16.2. The van der Waals surface area contributed by atoms with E-state index in [-0.39, 0.29) is 5.82 Å². The fraction of sp³-hybridized carbons (Fsp3) is 0.211. The number of hydrogen-bond donors (Lipinski definition) is 1. The van der Waals surface area contributed by atoms with E-state index in [1.54, 1.807) is 37.6 Å². The summed E-state index contributed by atoms with van der Waals surface area (Å²) >= 11 is 0. The van der Waals surface area contributed by atoms with Crippen molar-refractivity contribution < 1.29 is 14.2 Å². The Hall–Kier alpha value is -2.66. The van der Waals surface area contributed by atoms with Crippen molar-refractivity contribution in [3.63, 3.8) is 0 Å². The fourth-order valence-electron chi connectivity index (χ4n) is 2.53. The van der Waals surface area contributed by atoms with Crippen molar-refractivity contribution in [1.82, 2.24) is 9.55 Å². The van der Waals surface area contributed by atoms with Gasteiger partial charge in [0.2, 0.25) is 0 Å². The minimum Gasteiger partial charge on any atom is -0.457 e. The van der Waals surface area contributed by atoms with Gasteiger partial charge in [-0.3, -0.25) is 0 Å². The highest BCUT2D eigenvalue weighted by molar-refractivity contribution is 5.41. The predicted octanol–water partition coefficient (Wildman–Crippen LogP) is 4.11. The minimum atomic E-state index is -1.07. The molecule has 0 saturated heterocycles. The molecule has 1 N–H and O–H groups in total. The number of rotatable bonds is 6. The van der Waals surface area contributed by atoms with E-state index in [1.165, 1.54) is 12.1 Å². The molecule has 5 heteroatoms. The molecule has 3 aromatic rings. The Balaban J connectivity index is 1.80. The number of ether oxygens (including phenoxy) is 1. The lowest BCUT2D eigenvalue weighted by Crippen LogP contribution is -2.23. The predicted molar refractivity (Wildman–Crippen MR) is 89.3 cm³/mol. The third-order valence-electron chi connectivity index (χ3n) is 3.92. The molecule has 0 aliphatic carbocycles. The molecule has 1 atom stereocenters. The fourth-order valence-corrected chi connectivity index (χ4v) is 2.53. The van der Waals surface area contributed by atoms with Gasteiger partial charge in [0.25, 0.3) is 0 Å². The van der Waals surface area contributed by atoms with Gasteiger partial charge in [0.1, 0.15) is 17.3 Å². The van der Waals surface area contributed by atoms with Gasteiger partial charge in [0.05, 0.1) is 11.9 Å². The summed E-state index contributed by atoms with van der Waals surface area (Å²) in [5, 5.41) is 10.9. The maximum absolute atomic E-state index is 13.0. The van der Waals surface area contributed by atoms with Crippen molar-refractivity contribution in [2.75, 3.05) is 0 Å². The van der Waals surface area contributed by atoms with E-state index >= 15 is 0 Å². The van der Waals surface area contributed by atoms with Crippen molar-refractivity contribution >= 4 is 0 Å². The molecule has 0 spiro atoms. The van der Waals surface area contributed by atoms with E-state index in [4.69, 9.17) is 4.74 Å². The van der Waals surface area contributed by atoms with Crippen LogP contribution in [0.25, 0.3) is 0 Å². The SMILES string of the molecule is CC(O)(CCn1ccnc1)c1ccccc1Oc1ccc(F)cc1. The van der Waals surface area contributed by atoms with Crippen LogP contribution >= 0.6 is 0 Å². The van der Waals surface area contributed by atoms with Crippen molar-refractivity contribution in [2.45, 2.75) is 25.5 Å². The van der Waals surface area contributed by atoms with E-state index in [0.29, 0.717) is 30.0 Å². The Labute approximate surface area is 140 Å². The zero-order valence-electron chi connectivity index (χ0n) is 13.4. The summed E-state index contributed by atoms with van der Waals surface area (Å²) in [5.41, 5.74) is -0.379. The number of nitrogens with zero attached hydrogens (tertiary/aromatic N) is 2. The smallest absolute Gasteiger partial charge is 0.133 e. The Morgan fingerprint density at radius 2 is 1.92 bits per heavy atom. The highest BCUT2D eigenvalue weighted by atomic mass is 19.1. The summed E-state index contributed by atoms with van der Waals surface area (Å²) < 4.78 is 20.8. The molecule has 0 aliphatic rings. The van der Waals surface area contributed by atoms with Crippen LogP contribution in [-0.2, 0) is 12.1 Å². The Kier molecular flexibility index (Phi) is 4.62.